The molecule has 1 nitrogen and oxygen atoms in total. The zero-order valence-corrected chi connectivity index (χ0v) is 12.9. The largest absolute Gasteiger partial charge is 0.381 e. The first-order valence-electron chi connectivity index (χ1n) is 7.31. The molecule has 0 saturated heterocycles. The molecule has 1 aromatic carbocycles. The lowest BCUT2D eigenvalue weighted by Gasteiger charge is -2.35. The molecule has 1 saturated carbocycles. The average Bonchev–Trinajstić information content (AvgIpc) is 2.43. The monoisotopic (exact) mass is 275 g/mol. The van der Waals surface area contributed by atoms with Crippen LogP contribution in [0.15, 0.2) is 41.8 Å². The lowest BCUT2D eigenvalue weighted by molar-refractivity contribution is 0.253. The Morgan fingerprint density at radius 3 is 2.89 bits per heavy atom. The van der Waals surface area contributed by atoms with Crippen LogP contribution < -0.4 is 5.32 Å². The van der Waals surface area contributed by atoms with Crippen molar-refractivity contribution in [3.63, 3.8) is 0 Å². The number of nitrogens with one attached hydrogen (secondary N) is 1. The third-order valence-electron chi connectivity index (χ3n) is 4.29. The van der Waals surface area contributed by atoms with Gasteiger partial charge in [0.2, 0.25) is 0 Å². The molecule has 1 N–H and O–H groups in total. The summed E-state index contributed by atoms with van der Waals surface area (Å²) in [6.07, 6.45) is 6.00. The molecule has 19 heavy (non-hydrogen) atoms. The van der Waals surface area contributed by atoms with Gasteiger partial charge in [0.05, 0.1) is 0 Å². The van der Waals surface area contributed by atoms with Crippen LogP contribution in [0.5, 0.6) is 0 Å². The standard InChI is InChI=1S/C17H25NS/c1-4-12-19-17-11-6-5-9-16(17)18-15-10-7-8-13(2)14(15)3/h4-6,9,11,13-15,18H,1,7-8,10,12H2,2-3H3. The van der Waals surface area contributed by atoms with E-state index in [4.69, 9.17) is 0 Å². The molecule has 104 valence electrons. The van der Waals surface area contributed by atoms with Gasteiger partial charge in [-0.2, -0.15) is 0 Å². The van der Waals surface area contributed by atoms with Gasteiger partial charge < -0.3 is 5.32 Å². The quantitative estimate of drug-likeness (QED) is 0.585. The van der Waals surface area contributed by atoms with Gasteiger partial charge in [-0.1, -0.05) is 44.9 Å². The Bertz CT molecular complexity index is 415. The molecule has 1 aromatic rings. The predicted octanol–water partition coefficient (Wildman–Crippen LogP) is 5.20. The highest BCUT2D eigenvalue weighted by Gasteiger charge is 2.27. The van der Waals surface area contributed by atoms with E-state index in [1.54, 1.807) is 0 Å². The van der Waals surface area contributed by atoms with Crippen molar-refractivity contribution < 1.29 is 0 Å². The van der Waals surface area contributed by atoms with Crippen LogP contribution in [0, 0.1) is 11.8 Å². The molecule has 0 spiro atoms. The normalized spacial score (nSPS) is 26.9. The number of benzene rings is 1. The molecular formula is C17H25NS. The van der Waals surface area contributed by atoms with Gasteiger partial charge in [0, 0.05) is 22.4 Å². The minimum Gasteiger partial charge on any atom is -0.381 e. The summed E-state index contributed by atoms with van der Waals surface area (Å²) < 4.78 is 0. The van der Waals surface area contributed by atoms with Crippen LogP contribution in [-0.4, -0.2) is 11.8 Å². The number of hydrogen-bond donors (Lipinski definition) is 1. The molecule has 0 aromatic heterocycles. The average molecular weight is 275 g/mol. The first-order valence-corrected chi connectivity index (χ1v) is 8.30. The van der Waals surface area contributed by atoms with E-state index in [-0.39, 0.29) is 0 Å². The zero-order chi connectivity index (χ0) is 13.7. The van der Waals surface area contributed by atoms with Crippen molar-refractivity contribution in [1.82, 2.24) is 0 Å². The van der Waals surface area contributed by atoms with Gasteiger partial charge >= 0.3 is 0 Å². The van der Waals surface area contributed by atoms with Crippen molar-refractivity contribution in [2.24, 2.45) is 11.8 Å². The lowest BCUT2D eigenvalue weighted by atomic mass is 9.78. The Kier molecular flexibility index (Phi) is 5.38. The molecule has 0 aliphatic heterocycles. The van der Waals surface area contributed by atoms with Crippen LogP contribution >= 0.6 is 11.8 Å². The summed E-state index contributed by atoms with van der Waals surface area (Å²) in [5.74, 6) is 2.56. The summed E-state index contributed by atoms with van der Waals surface area (Å²) in [6.45, 7) is 8.58. The van der Waals surface area contributed by atoms with E-state index >= 15 is 0 Å². The lowest BCUT2D eigenvalue weighted by Crippen LogP contribution is -2.35. The zero-order valence-electron chi connectivity index (χ0n) is 12.1. The molecule has 0 amide bonds. The summed E-state index contributed by atoms with van der Waals surface area (Å²) in [5.41, 5.74) is 1.29. The minimum absolute atomic E-state index is 0.620. The topological polar surface area (TPSA) is 12.0 Å². The van der Waals surface area contributed by atoms with E-state index in [0.29, 0.717) is 6.04 Å². The first-order chi connectivity index (χ1) is 9.22. The fourth-order valence-electron chi connectivity index (χ4n) is 2.85. The predicted molar refractivity (Wildman–Crippen MR) is 87.0 cm³/mol. The minimum atomic E-state index is 0.620. The summed E-state index contributed by atoms with van der Waals surface area (Å²) in [7, 11) is 0. The Morgan fingerprint density at radius 2 is 2.11 bits per heavy atom. The maximum Gasteiger partial charge on any atom is 0.0480 e. The molecule has 0 radical (unpaired) electrons. The van der Waals surface area contributed by atoms with Crippen molar-refractivity contribution in [3.05, 3.63) is 36.9 Å². The fourth-order valence-corrected chi connectivity index (χ4v) is 3.60. The van der Waals surface area contributed by atoms with Gasteiger partial charge in [-0.25, -0.2) is 0 Å². The van der Waals surface area contributed by atoms with Crippen LogP contribution in [-0.2, 0) is 0 Å². The van der Waals surface area contributed by atoms with Gasteiger partial charge in [0.25, 0.3) is 0 Å². The third kappa shape index (κ3) is 3.79. The van der Waals surface area contributed by atoms with Gasteiger partial charge in [-0.3, -0.25) is 0 Å². The van der Waals surface area contributed by atoms with E-state index in [9.17, 15) is 0 Å². The molecule has 0 heterocycles. The SMILES string of the molecule is C=CCSc1ccccc1NC1CCCC(C)C1C. The molecular weight excluding hydrogens is 250 g/mol. The number of rotatable bonds is 5. The van der Waals surface area contributed by atoms with Crippen molar-refractivity contribution in [2.75, 3.05) is 11.1 Å². The number of para-hydroxylation sites is 1. The van der Waals surface area contributed by atoms with E-state index < -0.39 is 0 Å². The molecule has 1 fully saturated rings. The van der Waals surface area contributed by atoms with E-state index in [1.165, 1.54) is 29.8 Å². The smallest absolute Gasteiger partial charge is 0.0480 e. The van der Waals surface area contributed by atoms with Crippen molar-refractivity contribution in [1.29, 1.82) is 0 Å². The van der Waals surface area contributed by atoms with Crippen molar-refractivity contribution in [2.45, 2.75) is 44.0 Å². The Hall–Kier alpha value is -0.890. The van der Waals surface area contributed by atoms with Crippen molar-refractivity contribution >= 4 is 17.4 Å². The highest BCUT2D eigenvalue weighted by Crippen LogP contribution is 2.34. The molecule has 1 aliphatic rings. The molecule has 3 atom stereocenters. The van der Waals surface area contributed by atoms with E-state index in [1.807, 2.05) is 17.8 Å². The Balaban J connectivity index is 2.07. The number of anilines is 1. The van der Waals surface area contributed by atoms with E-state index in [2.05, 4.69) is 50.0 Å². The van der Waals surface area contributed by atoms with Crippen LogP contribution in [0.2, 0.25) is 0 Å². The van der Waals surface area contributed by atoms with Crippen LogP contribution in [0.25, 0.3) is 0 Å². The molecule has 0 bridgehead atoms. The van der Waals surface area contributed by atoms with Gasteiger partial charge in [-0.05, 0) is 30.4 Å². The highest BCUT2D eigenvalue weighted by atomic mass is 32.2. The van der Waals surface area contributed by atoms with Crippen LogP contribution in [0.1, 0.15) is 33.1 Å². The summed E-state index contributed by atoms with van der Waals surface area (Å²) in [5, 5.41) is 3.78. The summed E-state index contributed by atoms with van der Waals surface area (Å²) in [4.78, 5) is 1.34. The van der Waals surface area contributed by atoms with Crippen molar-refractivity contribution in [3.8, 4) is 0 Å². The fraction of sp³-hybridized carbons (Fsp3) is 0.529. The maximum absolute atomic E-state index is 3.80. The Labute approximate surface area is 121 Å². The molecule has 2 heteroatoms. The second kappa shape index (κ2) is 7.04. The van der Waals surface area contributed by atoms with E-state index in [0.717, 1.165) is 17.6 Å². The Morgan fingerprint density at radius 1 is 1.32 bits per heavy atom. The second-order valence-corrected chi connectivity index (χ2v) is 6.68. The van der Waals surface area contributed by atoms with Gasteiger partial charge in [0.15, 0.2) is 0 Å². The van der Waals surface area contributed by atoms with Crippen LogP contribution in [0.3, 0.4) is 0 Å². The molecule has 1 aliphatic carbocycles. The first kappa shape index (κ1) is 14.5. The number of thioether (sulfide) groups is 1. The highest BCUT2D eigenvalue weighted by molar-refractivity contribution is 7.99. The summed E-state index contributed by atoms with van der Waals surface area (Å²) in [6, 6.07) is 9.26. The second-order valence-electron chi connectivity index (χ2n) is 5.61. The number of hydrogen-bond acceptors (Lipinski definition) is 2. The van der Waals surface area contributed by atoms with Crippen LogP contribution in [0.4, 0.5) is 5.69 Å². The summed E-state index contributed by atoms with van der Waals surface area (Å²) >= 11 is 1.86. The van der Waals surface area contributed by atoms with Gasteiger partial charge in [0.1, 0.15) is 0 Å². The van der Waals surface area contributed by atoms with Gasteiger partial charge in [-0.15, -0.1) is 18.3 Å². The third-order valence-corrected chi connectivity index (χ3v) is 5.36. The maximum atomic E-state index is 3.80. The molecule has 2 rings (SSSR count). The molecule has 3 unspecified atom stereocenters.